The van der Waals surface area contributed by atoms with Crippen molar-refractivity contribution in [3.63, 3.8) is 0 Å². The zero-order valence-corrected chi connectivity index (χ0v) is 18.5. The number of rotatable bonds is 10. The lowest BCUT2D eigenvalue weighted by Gasteiger charge is -2.13. The first-order valence-corrected chi connectivity index (χ1v) is 11.3. The van der Waals surface area contributed by atoms with Gasteiger partial charge in [-0.2, -0.15) is 0 Å². The van der Waals surface area contributed by atoms with Crippen molar-refractivity contribution in [2.24, 2.45) is 0 Å². The summed E-state index contributed by atoms with van der Waals surface area (Å²) in [4.78, 5) is 12.5. The highest BCUT2D eigenvalue weighted by atomic mass is 35.5. The summed E-state index contributed by atoms with van der Waals surface area (Å²) in [7, 11) is -0.774. The molecule has 0 fully saturated rings. The van der Waals surface area contributed by atoms with Gasteiger partial charge in [0.15, 0.2) is 0 Å². The van der Waals surface area contributed by atoms with Crippen LogP contribution in [0.5, 0.6) is 5.75 Å². The zero-order chi connectivity index (χ0) is 21.4. The van der Waals surface area contributed by atoms with Crippen LogP contribution < -0.4 is 10.1 Å². The number of amides is 1. The molecule has 2 aromatic carbocycles. The van der Waals surface area contributed by atoms with Crippen LogP contribution >= 0.6 is 11.6 Å². The molecule has 2 aromatic rings. The SMILES string of the molecule is CCCCOc1ccc(CCNC(=O)c2cc(S(=O)(=O)N(C)C)ccc2Cl)cc1. The van der Waals surface area contributed by atoms with E-state index in [9.17, 15) is 13.2 Å². The quantitative estimate of drug-likeness (QED) is 0.573. The molecule has 0 aromatic heterocycles. The number of unbranched alkanes of at least 4 members (excludes halogenated alkanes) is 1. The average molecular weight is 439 g/mol. The number of carbonyl (C=O) groups is 1. The minimum atomic E-state index is -3.64. The lowest BCUT2D eigenvalue weighted by atomic mass is 10.1. The molecular weight excluding hydrogens is 412 g/mol. The summed E-state index contributed by atoms with van der Waals surface area (Å²) in [6.45, 7) is 3.22. The number of nitrogens with zero attached hydrogens (tertiary/aromatic N) is 1. The molecule has 0 aliphatic heterocycles. The number of sulfonamides is 1. The fourth-order valence-corrected chi connectivity index (χ4v) is 3.68. The van der Waals surface area contributed by atoms with E-state index in [0.717, 1.165) is 28.5 Å². The fraction of sp³-hybridized carbons (Fsp3) is 0.381. The van der Waals surface area contributed by atoms with E-state index in [-0.39, 0.29) is 15.5 Å². The third-order valence-electron chi connectivity index (χ3n) is 4.35. The molecule has 0 saturated heterocycles. The molecule has 0 heterocycles. The molecule has 8 heteroatoms. The smallest absolute Gasteiger partial charge is 0.252 e. The Morgan fingerprint density at radius 3 is 2.45 bits per heavy atom. The summed E-state index contributed by atoms with van der Waals surface area (Å²) in [6, 6.07) is 11.9. The largest absolute Gasteiger partial charge is 0.494 e. The van der Waals surface area contributed by atoms with Crippen molar-refractivity contribution in [3.8, 4) is 5.75 Å². The van der Waals surface area contributed by atoms with Gasteiger partial charge in [-0.3, -0.25) is 4.79 Å². The van der Waals surface area contributed by atoms with Crippen LogP contribution in [0.15, 0.2) is 47.4 Å². The predicted octanol–water partition coefficient (Wildman–Crippen LogP) is 3.74. The Kier molecular flexibility index (Phi) is 8.49. The van der Waals surface area contributed by atoms with E-state index in [0.29, 0.717) is 19.6 Å². The highest BCUT2D eigenvalue weighted by molar-refractivity contribution is 7.89. The molecule has 1 N–H and O–H groups in total. The summed E-state index contributed by atoms with van der Waals surface area (Å²) < 4.78 is 31.3. The molecule has 6 nitrogen and oxygen atoms in total. The van der Waals surface area contributed by atoms with Gasteiger partial charge in [0.05, 0.1) is 22.1 Å². The van der Waals surface area contributed by atoms with Crippen LogP contribution in [-0.4, -0.2) is 45.9 Å². The molecule has 1 amide bonds. The number of halogens is 1. The Hall–Kier alpha value is -2.09. The fourth-order valence-electron chi connectivity index (χ4n) is 2.55. The van der Waals surface area contributed by atoms with Gasteiger partial charge in [0, 0.05) is 20.6 Å². The van der Waals surface area contributed by atoms with Crippen molar-refractivity contribution in [1.29, 1.82) is 0 Å². The lowest BCUT2D eigenvalue weighted by Crippen LogP contribution is -2.27. The van der Waals surface area contributed by atoms with E-state index in [4.69, 9.17) is 16.3 Å². The third-order valence-corrected chi connectivity index (χ3v) is 6.49. The van der Waals surface area contributed by atoms with E-state index < -0.39 is 15.9 Å². The minimum absolute atomic E-state index is 0.0238. The maximum atomic E-state index is 12.5. The van der Waals surface area contributed by atoms with E-state index in [1.807, 2.05) is 24.3 Å². The van der Waals surface area contributed by atoms with Gasteiger partial charge < -0.3 is 10.1 Å². The predicted molar refractivity (Wildman–Crippen MR) is 115 cm³/mol. The average Bonchev–Trinajstić information content (AvgIpc) is 2.69. The summed E-state index contributed by atoms with van der Waals surface area (Å²) in [5.41, 5.74) is 1.19. The molecule has 29 heavy (non-hydrogen) atoms. The van der Waals surface area contributed by atoms with E-state index in [2.05, 4.69) is 12.2 Å². The van der Waals surface area contributed by atoms with Gasteiger partial charge >= 0.3 is 0 Å². The number of carbonyl (C=O) groups excluding carboxylic acids is 1. The molecule has 0 spiro atoms. The van der Waals surface area contributed by atoms with Crippen LogP contribution in [0.2, 0.25) is 5.02 Å². The lowest BCUT2D eigenvalue weighted by molar-refractivity contribution is 0.0954. The first-order valence-electron chi connectivity index (χ1n) is 9.47. The second-order valence-corrected chi connectivity index (χ2v) is 9.34. The third kappa shape index (κ3) is 6.45. The Morgan fingerprint density at radius 1 is 1.14 bits per heavy atom. The first-order chi connectivity index (χ1) is 13.8. The molecule has 0 atom stereocenters. The molecule has 0 radical (unpaired) electrons. The summed E-state index contributed by atoms with van der Waals surface area (Å²) in [5, 5.41) is 2.99. The van der Waals surface area contributed by atoms with Crippen molar-refractivity contribution in [2.75, 3.05) is 27.2 Å². The second kappa shape index (κ2) is 10.6. The van der Waals surface area contributed by atoms with Gasteiger partial charge in [0.1, 0.15) is 5.75 Å². The van der Waals surface area contributed by atoms with Crippen LogP contribution in [0, 0.1) is 0 Å². The van der Waals surface area contributed by atoms with Gasteiger partial charge in [-0.05, 0) is 48.7 Å². The minimum Gasteiger partial charge on any atom is -0.494 e. The summed E-state index contributed by atoms with van der Waals surface area (Å²) in [5.74, 6) is 0.419. The number of nitrogens with one attached hydrogen (secondary N) is 1. The summed E-state index contributed by atoms with van der Waals surface area (Å²) >= 11 is 6.10. The zero-order valence-electron chi connectivity index (χ0n) is 16.9. The van der Waals surface area contributed by atoms with Crippen LogP contribution in [-0.2, 0) is 16.4 Å². The van der Waals surface area contributed by atoms with Gasteiger partial charge in [0.25, 0.3) is 5.91 Å². The normalized spacial score (nSPS) is 11.5. The van der Waals surface area contributed by atoms with Crippen molar-refractivity contribution in [2.45, 2.75) is 31.1 Å². The number of hydrogen-bond donors (Lipinski definition) is 1. The molecule has 0 unspecified atom stereocenters. The second-order valence-electron chi connectivity index (χ2n) is 6.78. The van der Waals surface area contributed by atoms with E-state index in [1.165, 1.54) is 32.3 Å². The molecule has 0 aliphatic carbocycles. The molecule has 2 rings (SSSR count). The highest BCUT2D eigenvalue weighted by Gasteiger charge is 2.20. The van der Waals surface area contributed by atoms with Crippen molar-refractivity contribution in [3.05, 3.63) is 58.6 Å². The van der Waals surface area contributed by atoms with Crippen molar-refractivity contribution < 1.29 is 17.9 Å². The maximum Gasteiger partial charge on any atom is 0.252 e. The van der Waals surface area contributed by atoms with Crippen LogP contribution in [0.25, 0.3) is 0 Å². The Bertz CT molecular complexity index is 928. The topological polar surface area (TPSA) is 75.7 Å². The molecule has 0 aliphatic rings. The summed E-state index contributed by atoms with van der Waals surface area (Å²) in [6.07, 6.45) is 2.74. The number of benzene rings is 2. The van der Waals surface area contributed by atoms with Gasteiger partial charge in [-0.15, -0.1) is 0 Å². The van der Waals surface area contributed by atoms with Crippen molar-refractivity contribution >= 4 is 27.5 Å². The van der Waals surface area contributed by atoms with Gasteiger partial charge in [-0.25, -0.2) is 12.7 Å². The molecule has 158 valence electrons. The van der Waals surface area contributed by atoms with E-state index >= 15 is 0 Å². The number of hydrogen-bond acceptors (Lipinski definition) is 4. The van der Waals surface area contributed by atoms with Gasteiger partial charge in [-0.1, -0.05) is 37.1 Å². The maximum absolute atomic E-state index is 12.5. The Labute approximate surface area is 177 Å². The van der Waals surface area contributed by atoms with Crippen LogP contribution in [0.1, 0.15) is 35.7 Å². The van der Waals surface area contributed by atoms with E-state index in [1.54, 1.807) is 0 Å². The first kappa shape index (κ1) is 23.2. The number of ether oxygens (including phenoxy) is 1. The highest BCUT2D eigenvalue weighted by Crippen LogP contribution is 2.22. The standard InChI is InChI=1S/C21H27ClN2O4S/c1-4-5-14-28-17-8-6-16(7-9-17)12-13-23-21(25)19-15-18(10-11-20(19)22)29(26,27)24(2)3/h6-11,15H,4-5,12-14H2,1-3H3,(H,23,25). The molecule has 0 saturated carbocycles. The Balaban J connectivity index is 1.96. The monoisotopic (exact) mass is 438 g/mol. The van der Waals surface area contributed by atoms with Crippen molar-refractivity contribution in [1.82, 2.24) is 9.62 Å². The molecule has 0 bridgehead atoms. The molecular formula is C21H27ClN2O4S. The Morgan fingerprint density at radius 2 is 1.83 bits per heavy atom. The van der Waals surface area contributed by atoms with Crippen LogP contribution in [0.4, 0.5) is 0 Å². The van der Waals surface area contributed by atoms with Gasteiger partial charge in [0.2, 0.25) is 10.0 Å². The van der Waals surface area contributed by atoms with Crippen LogP contribution in [0.3, 0.4) is 0 Å².